The van der Waals surface area contributed by atoms with Gasteiger partial charge in [0.05, 0.1) is 5.69 Å². The SMILES string of the molecule is Cc1cccc(N2C(=O)/C(=C\c3ccccc3)N=C2c2ccccc2Br)c1. The minimum absolute atomic E-state index is 0.129. The standard InChI is InChI=1S/C23H17BrN2O/c1-16-8-7-11-18(14-16)26-22(19-12-5-6-13-20(19)24)25-21(23(26)27)15-17-9-3-2-4-10-17/h2-15H,1H3/b21-15+. The predicted octanol–water partition coefficient (Wildman–Crippen LogP) is 5.59. The smallest absolute Gasteiger partial charge is 0.266 e. The van der Waals surface area contributed by atoms with Crippen molar-refractivity contribution in [2.24, 2.45) is 4.99 Å². The van der Waals surface area contributed by atoms with Crippen LogP contribution in [0.4, 0.5) is 5.69 Å². The molecule has 0 aliphatic carbocycles. The molecule has 0 bridgehead atoms. The van der Waals surface area contributed by atoms with Crippen LogP contribution in [0.1, 0.15) is 16.7 Å². The van der Waals surface area contributed by atoms with Gasteiger partial charge in [-0.1, -0.05) is 76.6 Å². The lowest BCUT2D eigenvalue weighted by Crippen LogP contribution is -2.32. The van der Waals surface area contributed by atoms with E-state index in [4.69, 9.17) is 4.99 Å². The molecule has 0 fully saturated rings. The van der Waals surface area contributed by atoms with E-state index >= 15 is 0 Å². The molecule has 3 aromatic rings. The average Bonchev–Trinajstić information content (AvgIpc) is 2.99. The van der Waals surface area contributed by atoms with Gasteiger partial charge in [-0.3, -0.25) is 9.69 Å². The van der Waals surface area contributed by atoms with Crippen molar-refractivity contribution < 1.29 is 4.79 Å². The summed E-state index contributed by atoms with van der Waals surface area (Å²) in [5, 5.41) is 0. The summed E-state index contributed by atoms with van der Waals surface area (Å²) in [4.78, 5) is 19.6. The molecule has 0 radical (unpaired) electrons. The minimum Gasteiger partial charge on any atom is -0.266 e. The molecule has 1 heterocycles. The van der Waals surface area contributed by atoms with E-state index in [1.807, 2.05) is 91.9 Å². The molecule has 1 aliphatic heterocycles. The Morgan fingerprint density at radius 1 is 0.926 bits per heavy atom. The Morgan fingerprint density at radius 3 is 2.41 bits per heavy atom. The second-order valence-electron chi connectivity index (χ2n) is 6.34. The number of halogens is 1. The quantitative estimate of drug-likeness (QED) is 0.512. The number of hydrogen-bond acceptors (Lipinski definition) is 2. The van der Waals surface area contributed by atoms with Gasteiger partial charge in [0.2, 0.25) is 0 Å². The zero-order valence-electron chi connectivity index (χ0n) is 14.8. The third-order valence-corrected chi connectivity index (χ3v) is 5.03. The Kier molecular flexibility index (Phi) is 4.73. The van der Waals surface area contributed by atoms with Gasteiger partial charge in [0.25, 0.3) is 5.91 Å². The molecule has 1 amide bonds. The number of aliphatic imine (C=N–C) groups is 1. The number of amides is 1. The molecule has 0 N–H and O–H groups in total. The molecular weight excluding hydrogens is 400 g/mol. The normalized spacial score (nSPS) is 15.3. The summed E-state index contributed by atoms with van der Waals surface area (Å²) in [6.45, 7) is 2.01. The number of benzene rings is 3. The summed E-state index contributed by atoms with van der Waals surface area (Å²) in [6.07, 6.45) is 1.83. The van der Waals surface area contributed by atoms with Crippen molar-refractivity contribution >= 4 is 39.4 Å². The molecule has 0 aromatic heterocycles. The summed E-state index contributed by atoms with van der Waals surface area (Å²) in [7, 11) is 0. The molecular formula is C23H17BrN2O. The van der Waals surface area contributed by atoms with Crippen molar-refractivity contribution in [1.82, 2.24) is 0 Å². The molecule has 0 spiro atoms. The van der Waals surface area contributed by atoms with Crippen molar-refractivity contribution in [3.05, 3.63) is 106 Å². The van der Waals surface area contributed by atoms with Crippen LogP contribution in [0.3, 0.4) is 0 Å². The summed E-state index contributed by atoms with van der Waals surface area (Å²) in [5.74, 6) is 0.496. The zero-order valence-corrected chi connectivity index (χ0v) is 16.3. The molecule has 0 saturated carbocycles. The van der Waals surface area contributed by atoms with Gasteiger partial charge < -0.3 is 0 Å². The van der Waals surface area contributed by atoms with Crippen LogP contribution in [0.15, 0.2) is 94.0 Å². The van der Waals surface area contributed by atoms with E-state index in [2.05, 4.69) is 15.9 Å². The fourth-order valence-electron chi connectivity index (χ4n) is 3.05. The highest BCUT2D eigenvalue weighted by atomic mass is 79.9. The molecule has 4 rings (SSSR count). The lowest BCUT2D eigenvalue weighted by molar-refractivity contribution is -0.113. The third-order valence-electron chi connectivity index (χ3n) is 4.34. The van der Waals surface area contributed by atoms with Crippen molar-refractivity contribution in [1.29, 1.82) is 0 Å². The Bertz CT molecular complexity index is 1070. The summed E-state index contributed by atoms with van der Waals surface area (Å²) in [6, 6.07) is 25.5. The maximum atomic E-state index is 13.2. The fraction of sp³-hybridized carbons (Fsp3) is 0.0435. The third kappa shape index (κ3) is 3.49. The lowest BCUT2D eigenvalue weighted by Gasteiger charge is -2.19. The van der Waals surface area contributed by atoms with E-state index in [-0.39, 0.29) is 5.91 Å². The van der Waals surface area contributed by atoms with E-state index in [0.29, 0.717) is 11.5 Å². The number of carbonyl (C=O) groups is 1. The van der Waals surface area contributed by atoms with Crippen LogP contribution in [-0.2, 0) is 4.79 Å². The van der Waals surface area contributed by atoms with Crippen LogP contribution in [0.25, 0.3) is 6.08 Å². The number of carbonyl (C=O) groups excluding carboxylic acids is 1. The molecule has 27 heavy (non-hydrogen) atoms. The maximum Gasteiger partial charge on any atom is 0.282 e. The van der Waals surface area contributed by atoms with Crippen molar-refractivity contribution in [2.45, 2.75) is 6.92 Å². The number of rotatable bonds is 3. The molecule has 3 aromatic carbocycles. The molecule has 3 nitrogen and oxygen atoms in total. The highest BCUT2D eigenvalue weighted by Crippen LogP contribution is 2.30. The number of aryl methyl sites for hydroxylation is 1. The maximum absolute atomic E-state index is 13.2. The molecule has 1 aliphatic rings. The van der Waals surface area contributed by atoms with Gasteiger partial charge in [0.1, 0.15) is 11.5 Å². The topological polar surface area (TPSA) is 32.7 Å². The van der Waals surface area contributed by atoms with Crippen LogP contribution in [0.2, 0.25) is 0 Å². The Labute approximate surface area is 166 Å². The monoisotopic (exact) mass is 416 g/mol. The minimum atomic E-state index is -0.129. The molecule has 0 atom stereocenters. The first kappa shape index (κ1) is 17.4. The van der Waals surface area contributed by atoms with E-state index in [1.165, 1.54) is 0 Å². The first-order valence-electron chi connectivity index (χ1n) is 8.65. The van der Waals surface area contributed by atoms with Crippen molar-refractivity contribution in [3.8, 4) is 0 Å². The summed E-state index contributed by atoms with van der Waals surface area (Å²) < 4.78 is 0.898. The lowest BCUT2D eigenvalue weighted by atomic mass is 10.1. The summed E-state index contributed by atoms with van der Waals surface area (Å²) >= 11 is 3.59. The van der Waals surface area contributed by atoms with Crippen LogP contribution in [-0.4, -0.2) is 11.7 Å². The van der Waals surface area contributed by atoms with E-state index in [1.54, 1.807) is 4.90 Å². The summed E-state index contributed by atoms with van der Waals surface area (Å²) in [5.41, 5.74) is 4.15. The highest BCUT2D eigenvalue weighted by molar-refractivity contribution is 9.10. The fourth-order valence-corrected chi connectivity index (χ4v) is 3.52. The number of anilines is 1. The molecule has 0 unspecified atom stereocenters. The van der Waals surface area contributed by atoms with Gasteiger partial charge in [-0.25, -0.2) is 4.99 Å². The number of nitrogens with zero attached hydrogens (tertiary/aromatic N) is 2. The molecule has 4 heteroatoms. The Balaban J connectivity index is 1.87. The predicted molar refractivity (Wildman–Crippen MR) is 114 cm³/mol. The number of hydrogen-bond donors (Lipinski definition) is 0. The zero-order chi connectivity index (χ0) is 18.8. The van der Waals surface area contributed by atoms with Crippen molar-refractivity contribution in [2.75, 3.05) is 4.90 Å². The van der Waals surface area contributed by atoms with Crippen molar-refractivity contribution in [3.63, 3.8) is 0 Å². The van der Waals surface area contributed by atoms with E-state index in [9.17, 15) is 4.79 Å². The van der Waals surface area contributed by atoms with E-state index < -0.39 is 0 Å². The highest BCUT2D eigenvalue weighted by Gasteiger charge is 2.33. The van der Waals surface area contributed by atoms with Gasteiger partial charge in [-0.2, -0.15) is 0 Å². The van der Waals surface area contributed by atoms with Crippen LogP contribution < -0.4 is 4.90 Å². The van der Waals surface area contributed by atoms with Gasteiger partial charge in [0, 0.05) is 10.0 Å². The van der Waals surface area contributed by atoms with Gasteiger partial charge in [-0.15, -0.1) is 0 Å². The second kappa shape index (κ2) is 7.33. The average molecular weight is 417 g/mol. The molecule has 132 valence electrons. The Hall–Kier alpha value is -2.98. The Morgan fingerprint density at radius 2 is 1.67 bits per heavy atom. The second-order valence-corrected chi connectivity index (χ2v) is 7.19. The van der Waals surface area contributed by atoms with Gasteiger partial charge >= 0.3 is 0 Å². The van der Waals surface area contributed by atoms with Crippen LogP contribution in [0.5, 0.6) is 0 Å². The van der Waals surface area contributed by atoms with Crippen LogP contribution >= 0.6 is 15.9 Å². The molecule has 0 saturated heterocycles. The van der Waals surface area contributed by atoms with Crippen LogP contribution in [0, 0.1) is 6.92 Å². The van der Waals surface area contributed by atoms with Gasteiger partial charge in [-0.05, 0) is 42.3 Å². The first-order valence-corrected chi connectivity index (χ1v) is 9.44. The number of amidine groups is 1. The first-order chi connectivity index (χ1) is 13.1. The van der Waals surface area contributed by atoms with Gasteiger partial charge in [0.15, 0.2) is 0 Å². The van der Waals surface area contributed by atoms with E-state index in [0.717, 1.165) is 26.9 Å². The largest absolute Gasteiger partial charge is 0.282 e.